The van der Waals surface area contributed by atoms with E-state index >= 15 is 0 Å². The zero-order chi connectivity index (χ0) is 21.5. The van der Waals surface area contributed by atoms with Gasteiger partial charge in [0.15, 0.2) is 0 Å². The second kappa shape index (κ2) is 7.78. The minimum atomic E-state index is -1.33. The van der Waals surface area contributed by atoms with Crippen LogP contribution in [0.15, 0.2) is 54.6 Å². The van der Waals surface area contributed by atoms with E-state index in [0.717, 1.165) is 26.4 Å². The minimum Gasteiger partial charge on any atom is -0.496 e. The number of benzene rings is 3. The number of carboxylic acids is 1. The molecule has 1 heterocycles. The second-order valence-electron chi connectivity index (χ2n) is 7.79. The third-order valence-electron chi connectivity index (χ3n) is 5.95. The molecule has 6 heteroatoms. The van der Waals surface area contributed by atoms with Crippen molar-refractivity contribution < 1.29 is 19.0 Å². The van der Waals surface area contributed by atoms with E-state index in [1.165, 1.54) is 44.1 Å². The normalized spacial score (nSPS) is 13.9. The maximum absolute atomic E-state index is 14.3. The highest BCUT2D eigenvalue weighted by molar-refractivity contribution is 7.21. The fourth-order valence-electron chi connectivity index (χ4n) is 3.97. The van der Waals surface area contributed by atoms with E-state index in [1.807, 2.05) is 18.2 Å². The number of aromatic nitrogens is 1. The summed E-state index contributed by atoms with van der Waals surface area (Å²) in [6.07, 6.45) is 3.88. The van der Waals surface area contributed by atoms with Crippen molar-refractivity contribution in [2.24, 2.45) is 0 Å². The van der Waals surface area contributed by atoms with E-state index in [9.17, 15) is 9.18 Å². The molecule has 1 aromatic heterocycles. The number of halogens is 1. The maximum Gasteiger partial charge on any atom is 0.338 e. The lowest BCUT2D eigenvalue weighted by Gasteiger charge is -2.25. The molecule has 31 heavy (non-hydrogen) atoms. The molecule has 0 radical (unpaired) electrons. The summed E-state index contributed by atoms with van der Waals surface area (Å²) in [7, 11) is 1.44. The Kier molecular flexibility index (Phi) is 4.94. The highest BCUT2D eigenvalue weighted by Gasteiger charge is 2.20. The zero-order valence-electron chi connectivity index (χ0n) is 16.9. The van der Waals surface area contributed by atoms with Gasteiger partial charge < -0.3 is 9.84 Å². The summed E-state index contributed by atoms with van der Waals surface area (Å²) in [5, 5.41) is 10.1. The Morgan fingerprint density at radius 3 is 2.48 bits per heavy atom. The molecule has 1 aliphatic carbocycles. The quantitative estimate of drug-likeness (QED) is 0.378. The number of hydrogen-bond donors (Lipinski definition) is 1. The van der Waals surface area contributed by atoms with Crippen molar-refractivity contribution in [1.82, 2.24) is 4.98 Å². The molecule has 0 unspecified atom stereocenters. The van der Waals surface area contributed by atoms with Gasteiger partial charge in [-0.15, -0.1) is 11.3 Å². The highest BCUT2D eigenvalue weighted by atomic mass is 32.1. The molecule has 1 N–H and O–H groups in total. The number of carbonyl (C=O) groups is 1. The lowest BCUT2D eigenvalue weighted by Crippen LogP contribution is -2.08. The van der Waals surface area contributed by atoms with Gasteiger partial charge in [-0.05, 0) is 54.2 Å². The predicted molar refractivity (Wildman–Crippen MR) is 121 cm³/mol. The smallest absolute Gasteiger partial charge is 0.338 e. The number of aromatic carboxylic acids is 1. The van der Waals surface area contributed by atoms with Gasteiger partial charge in [-0.3, -0.25) is 0 Å². The van der Waals surface area contributed by atoms with Gasteiger partial charge in [0.2, 0.25) is 0 Å². The number of rotatable bonds is 5. The minimum absolute atomic E-state index is 0.306. The van der Waals surface area contributed by atoms with Crippen molar-refractivity contribution in [3.05, 3.63) is 71.5 Å². The summed E-state index contributed by atoms with van der Waals surface area (Å²) < 4.78 is 20.7. The van der Waals surface area contributed by atoms with Gasteiger partial charge in [-0.25, -0.2) is 14.2 Å². The molecular weight excluding hydrogens is 413 g/mol. The number of ether oxygens (including phenoxy) is 1. The number of nitrogens with zero attached hydrogens (tertiary/aromatic N) is 1. The van der Waals surface area contributed by atoms with E-state index in [0.29, 0.717) is 17.2 Å². The molecule has 156 valence electrons. The number of hydrogen-bond acceptors (Lipinski definition) is 4. The summed E-state index contributed by atoms with van der Waals surface area (Å²) in [5.41, 5.74) is 4.09. The lowest BCUT2D eigenvalue weighted by molar-refractivity contribution is 0.0691. The van der Waals surface area contributed by atoms with Crippen LogP contribution in [0, 0.1) is 5.82 Å². The Hall–Kier alpha value is -3.25. The standard InChI is InChI=1S/C25H20FNO3S/c1-30-22-13-19(25(28)29)20(26)12-18(22)17-9-10-23-21(11-17)27-24(31-23)16-7-5-15(6-8-16)14-3-2-4-14/h5-14H,2-4H2,1H3,(H,28,29). The Labute approximate surface area is 183 Å². The fraction of sp³-hybridized carbons (Fsp3) is 0.200. The molecule has 3 aromatic carbocycles. The zero-order valence-corrected chi connectivity index (χ0v) is 17.7. The Balaban J connectivity index is 1.51. The molecule has 1 saturated carbocycles. The summed E-state index contributed by atoms with van der Waals surface area (Å²) in [4.78, 5) is 16.0. The molecule has 0 saturated heterocycles. The van der Waals surface area contributed by atoms with Crippen LogP contribution in [0.5, 0.6) is 5.75 Å². The van der Waals surface area contributed by atoms with Crippen molar-refractivity contribution in [2.75, 3.05) is 7.11 Å². The molecule has 1 fully saturated rings. The number of methoxy groups -OCH3 is 1. The van der Waals surface area contributed by atoms with E-state index in [4.69, 9.17) is 14.8 Å². The van der Waals surface area contributed by atoms with E-state index in [2.05, 4.69) is 24.3 Å². The van der Waals surface area contributed by atoms with E-state index in [1.54, 1.807) is 11.3 Å². The third kappa shape index (κ3) is 3.57. The molecule has 0 aliphatic heterocycles. The Morgan fingerprint density at radius 2 is 1.84 bits per heavy atom. The first kappa shape index (κ1) is 19.7. The summed E-state index contributed by atoms with van der Waals surface area (Å²) >= 11 is 1.61. The molecule has 0 atom stereocenters. The monoisotopic (exact) mass is 433 g/mol. The molecule has 0 spiro atoms. The number of thiazole rings is 1. The second-order valence-corrected chi connectivity index (χ2v) is 8.82. The van der Waals surface area contributed by atoms with Crippen molar-refractivity contribution in [1.29, 1.82) is 0 Å². The third-order valence-corrected chi connectivity index (χ3v) is 7.04. The molecule has 0 amide bonds. The van der Waals surface area contributed by atoms with Crippen LogP contribution in [0.25, 0.3) is 31.9 Å². The first-order valence-corrected chi connectivity index (χ1v) is 11.0. The van der Waals surface area contributed by atoms with Crippen molar-refractivity contribution in [3.8, 4) is 27.4 Å². The highest BCUT2D eigenvalue weighted by Crippen LogP contribution is 2.39. The lowest BCUT2D eigenvalue weighted by atomic mass is 9.80. The fourth-order valence-corrected chi connectivity index (χ4v) is 4.92. The predicted octanol–water partition coefficient (Wildman–Crippen LogP) is 6.74. The average Bonchev–Trinajstić information content (AvgIpc) is 3.16. The van der Waals surface area contributed by atoms with E-state index < -0.39 is 17.3 Å². The first-order chi connectivity index (χ1) is 15.0. The molecule has 1 aliphatic rings. The van der Waals surface area contributed by atoms with Gasteiger partial charge >= 0.3 is 5.97 Å². The van der Waals surface area contributed by atoms with Gasteiger partial charge in [0.1, 0.15) is 16.6 Å². The SMILES string of the molecule is COc1cc(C(=O)O)c(F)cc1-c1ccc2sc(-c3ccc(C4CCC4)cc3)nc2c1. The average molecular weight is 434 g/mol. The summed E-state index contributed by atoms with van der Waals surface area (Å²) in [6.45, 7) is 0. The molecular formula is C25H20FNO3S. The van der Waals surface area contributed by atoms with Crippen LogP contribution in [-0.2, 0) is 0 Å². The number of fused-ring (bicyclic) bond motifs is 1. The topological polar surface area (TPSA) is 59.4 Å². The van der Waals surface area contributed by atoms with Gasteiger partial charge in [0, 0.05) is 11.1 Å². The van der Waals surface area contributed by atoms with Gasteiger partial charge in [-0.2, -0.15) is 0 Å². The van der Waals surface area contributed by atoms with E-state index in [-0.39, 0.29) is 0 Å². The van der Waals surface area contributed by atoms with Gasteiger partial charge in [0.05, 0.1) is 22.9 Å². The van der Waals surface area contributed by atoms with Crippen LogP contribution in [0.4, 0.5) is 4.39 Å². The first-order valence-electron chi connectivity index (χ1n) is 10.2. The molecule has 4 aromatic rings. The molecule has 4 nitrogen and oxygen atoms in total. The largest absolute Gasteiger partial charge is 0.496 e. The maximum atomic E-state index is 14.3. The number of carboxylic acid groups (broad SMARTS) is 1. The van der Waals surface area contributed by atoms with Crippen LogP contribution < -0.4 is 4.74 Å². The van der Waals surface area contributed by atoms with Crippen LogP contribution in [0.1, 0.15) is 41.1 Å². The Morgan fingerprint density at radius 1 is 1.10 bits per heavy atom. The van der Waals surface area contributed by atoms with Gasteiger partial charge in [0.25, 0.3) is 0 Å². The van der Waals surface area contributed by atoms with Crippen molar-refractivity contribution in [2.45, 2.75) is 25.2 Å². The van der Waals surface area contributed by atoms with Crippen molar-refractivity contribution in [3.63, 3.8) is 0 Å². The van der Waals surface area contributed by atoms with Crippen LogP contribution in [0.2, 0.25) is 0 Å². The van der Waals surface area contributed by atoms with Crippen LogP contribution in [0.3, 0.4) is 0 Å². The molecule has 0 bridgehead atoms. The molecule has 5 rings (SSSR count). The van der Waals surface area contributed by atoms with Crippen molar-refractivity contribution >= 4 is 27.5 Å². The summed E-state index contributed by atoms with van der Waals surface area (Å²) in [5.74, 6) is -1.12. The Bertz CT molecular complexity index is 1290. The summed E-state index contributed by atoms with van der Waals surface area (Å²) in [6, 6.07) is 16.8. The van der Waals surface area contributed by atoms with Crippen LogP contribution >= 0.6 is 11.3 Å². The van der Waals surface area contributed by atoms with Gasteiger partial charge in [-0.1, -0.05) is 36.8 Å². The van der Waals surface area contributed by atoms with Crippen LogP contribution in [-0.4, -0.2) is 23.2 Å².